The lowest BCUT2D eigenvalue weighted by molar-refractivity contribution is 0.296. The van der Waals surface area contributed by atoms with Crippen molar-refractivity contribution in [2.45, 2.75) is 18.4 Å². The van der Waals surface area contributed by atoms with E-state index >= 15 is 0 Å². The van der Waals surface area contributed by atoms with Crippen LogP contribution in [0.5, 0.6) is 0 Å². The van der Waals surface area contributed by atoms with Gasteiger partial charge in [0.05, 0.1) is 4.47 Å². The molecular weight excluding hydrogens is 250 g/mol. The predicted molar refractivity (Wildman–Crippen MR) is 59.1 cm³/mol. The number of aryl methyl sites for hydroxylation is 1. The minimum atomic E-state index is 0.246. The zero-order chi connectivity index (χ0) is 9.68. The molecule has 0 saturated carbocycles. The largest absolute Gasteiger partial charge is 0.396 e. The van der Waals surface area contributed by atoms with Gasteiger partial charge in [0, 0.05) is 18.6 Å². The monoisotopic (exact) mass is 261 g/mol. The molecular formula is C9H12BrNOS. The Hall–Kier alpha value is -0.0600. The Bertz CT molecular complexity index is 280. The van der Waals surface area contributed by atoms with Crippen LogP contribution in [0.2, 0.25) is 0 Å². The third-order valence-corrected chi connectivity index (χ3v) is 3.93. The summed E-state index contributed by atoms with van der Waals surface area (Å²) >= 11 is 5.15. The number of aliphatic hydroxyl groups is 1. The smallest absolute Gasteiger partial charge is 0.110 e. The summed E-state index contributed by atoms with van der Waals surface area (Å²) in [4.78, 5) is 4.25. The van der Waals surface area contributed by atoms with E-state index in [1.54, 1.807) is 18.0 Å². The van der Waals surface area contributed by atoms with Crippen LogP contribution in [0.25, 0.3) is 0 Å². The van der Waals surface area contributed by atoms with E-state index in [0.29, 0.717) is 0 Å². The number of aromatic nitrogens is 1. The molecule has 0 aliphatic heterocycles. The van der Waals surface area contributed by atoms with Gasteiger partial charge in [-0.25, -0.2) is 4.98 Å². The fourth-order valence-corrected chi connectivity index (χ4v) is 2.32. The Balaban J connectivity index is 2.61. The van der Waals surface area contributed by atoms with E-state index in [0.717, 1.165) is 21.7 Å². The predicted octanol–water partition coefficient (Wildman–Crippen LogP) is 2.63. The highest BCUT2D eigenvalue weighted by Gasteiger charge is 2.03. The average Bonchev–Trinajstić information content (AvgIpc) is 2.13. The molecule has 0 atom stereocenters. The molecule has 1 aromatic rings. The molecule has 4 heteroatoms. The average molecular weight is 262 g/mol. The van der Waals surface area contributed by atoms with Crippen molar-refractivity contribution in [1.82, 2.24) is 4.98 Å². The fourth-order valence-electron chi connectivity index (χ4n) is 0.849. The van der Waals surface area contributed by atoms with Crippen molar-refractivity contribution in [3.63, 3.8) is 0 Å². The zero-order valence-corrected chi connectivity index (χ0v) is 9.86. The van der Waals surface area contributed by atoms with E-state index in [4.69, 9.17) is 5.11 Å². The lowest BCUT2D eigenvalue weighted by atomic mass is 10.3. The molecule has 1 heterocycles. The number of halogens is 1. The summed E-state index contributed by atoms with van der Waals surface area (Å²) < 4.78 is 1.07. The number of pyridine rings is 1. The van der Waals surface area contributed by atoms with Crippen LogP contribution in [0.3, 0.4) is 0 Å². The van der Waals surface area contributed by atoms with Crippen LogP contribution >= 0.6 is 27.7 Å². The van der Waals surface area contributed by atoms with E-state index in [9.17, 15) is 0 Å². The summed E-state index contributed by atoms with van der Waals surface area (Å²) in [7, 11) is 0. The summed E-state index contributed by atoms with van der Waals surface area (Å²) in [6.07, 6.45) is 2.62. The molecule has 0 fully saturated rings. The first-order valence-corrected chi connectivity index (χ1v) is 5.88. The van der Waals surface area contributed by atoms with Crippen LogP contribution in [-0.2, 0) is 0 Å². The van der Waals surface area contributed by atoms with E-state index in [1.165, 1.54) is 5.56 Å². The maximum Gasteiger partial charge on any atom is 0.110 e. The van der Waals surface area contributed by atoms with Crippen molar-refractivity contribution in [3.8, 4) is 0 Å². The molecule has 0 saturated heterocycles. The van der Waals surface area contributed by atoms with Gasteiger partial charge in [0.15, 0.2) is 0 Å². The SMILES string of the molecule is Cc1ccnc(SCCCO)c1Br. The highest BCUT2D eigenvalue weighted by atomic mass is 79.9. The molecule has 0 aliphatic rings. The highest BCUT2D eigenvalue weighted by molar-refractivity contribution is 9.10. The first-order valence-electron chi connectivity index (χ1n) is 4.10. The lowest BCUT2D eigenvalue weighted by Crippen LogP contribution is -1.89. The second-order valence-electron chi connectivity index (χ2n) is 2.67. The van der Waals surface area contributed by atoms with E-state index in [-0.39, 0.29) is 6.61 Å². The van der Waals surface area contributed by atoms with E-state index in [2.05, 4.69) is 20.9 Å². The van der Waals surface area contributed by atoms with Crippen LogP contribution in [-0.4, -0.2) is 22.5 Å². The molecule has 1 N–H and O–H groups in total. The van der Waals surface area contributed by atoms with Crippen molar-refractivity contribution in [2.75, 3.05) is 12.4 Å². The van der Waals surface area contributed by atoms with Crippen LogP contribution in [0.1, 0.15) is 12.0 Å². The lowest BCUT2D eigenvalue weighted by Gasteiger charge is -2.04. The molecule has 0 bridgehead atoms. The summed E-state index contributed by atoms with van der Waals surface area (Å²) in [5.74, 6) is 0.908. The van der Waals surface area contributed by atoms with Crippen LogP contribution < -0.4 is 0 Å². The van der Waals surface area contributed by atoms with Gasteiger partial charge in [-0.05, 0) is 40.9 Å². The first kappa shape index (κ1) is 11.0. The molecule has 0 aliphatic carbocycles. The topological polar surface area (TPSA) is 33.1 Å². The molecule has 1 aromatic heterocycles. The molecule has 2 nitrogen and oxygen atoms in total. The van der Waals surface area contributed by atoms with Crippen LogP contribution in [0, 0.1) is 6.92 Å². The zero-order valence-electron chi connectivity index (χ0n) is 7.46. The van der Waals surface area contributed by atoms with Crippen molar-refractivity contribution < 1.29 is 5.11 Å². The fraction of sp³-hybridized carbons (Fsp3) is 0.444. The van der Waals surface area contributed by atoms with Gasteiger partial charge in [0.1, 0.15) is 5.03 Å². The Kier molecular flexibility index (Phi) is 4.77. The van der Waals surface area contributed by atoms with Gasteiger partial charge in [-0.1, -0.05) is 0 Å². The molecule has 1 rings (SSSR count). The van der Waals surface area contributed by atoms with Gasteiger partial charge in [0.2, 0.25) is 0 Å². The second kappa shape index (κ2) is 5.62. The molecule has 0 amide bonds. The third-order valence-electron chi connectivity index (χ3n) is 1.59. The summed E-state index contributed by atoms with van der Waals surface area (Å²) in [5, 5.41) is 9.63. The number of aliphatic hydroxyl groups excluding tert-OH is 1. The Labute approximate surface area is 90.9 Å². The van der Waals surface area contributed by atoms with Crippen LogP contribution in [0.15, 0.2) is 21.8 Å². The number of hydrogen-bond acceptors (Lipinski definition) is 3. The maximum absolute atomic E-state index is 8.62. The Morgan fingerprint density at radius 2 is 2.38 bits per heavy atom. The maximum atomic E-state index is 8.62. The quantitative estimate of drug-likeness (QED) is 0.669. The van der Waals surface area contributed by atoms with E-state index in [1.807, 2.05) is 13.0 Å². The Morgan fingerprint density at radius 1 is 1.62 bits per heavy atom. The van der Waals surface area contributed by atoms with Crippen LogP contribution in [0.4, 0.5) is 0 Å². The van der Waals surface area contributed by atoms with Crippen molar-refractivity contribution >= 4 is 27.7 Å². The molecule has 0 radical (unpaired) electrons. The molecule has 72 valence electrons. The molecule has 0 unspecified atom stereocenters. The minimum absolute atomic E-state index is 0.246. The molecule has 13 heavy (non-hydrogen) atoms. The van der Waals surface area contributed by atoms with Crippen molar-refractivity contribution in [2.24, 2.45) is 0 Å². The highest BCUT2D eigenvalue weighted by Crippen LogP contribution is 2.27. The summed E-state index contributed by atoms with van der Waals surface area (Å²) in [6.45, 7) is 2.29. The number of thioether (sulfide) groups is 1. The van der Waals surface area contributed by atoms with Gasteiger partial charge in [-0.3, -0.25) is 0 Å². The van der Waals surface area contributed by atoms with Crippen molar-refractivity contribution in [1.29, 1.82) is 0 Å². The normalized spacial score (nSPS) is 10.4. The van der Waals surface area contributed by atoms with Gasteiger partial charge in [0.25, 0.3) is 0 Å². The van der Waals surface area contributed by atoms with E-state index < -0.39 is 0 Å². The standard InChI is InChI=1S/C9H12BrNOS/c1-7-3-4-11-9(8(7)10)13-6-2-5-12/h3-4,12H,2,5-6H2,1H3. The second-order valence-corrected chi connectivity index (χ2v) is 4.55. The minimum Gasteiger partial charge on any atom is -0.396 e. The number of rotatable bonds is 4. The number of hydrogen-bond donors (Lipinski definition) is 1. The third kappa shape index (κ3) is 3.29. The summed E-state index contributed by atoms with van der Waals surface area (Å²) in [6, 6.07) is 1.97. The summed E-state index contributed by atoms with van der Waals surface area (Å²) in [5.41, 5.74) is 1.20. The molecule has 0 aromatic carbocycles. The number of nitrogens with zero attached hydrogens (tertiary/aromatic N) is 1. The van der Waals surface area contributed by atoms with Gasteiger partial charge in [-0.2, -0.15) is 0 Å². The van der Waals surface area contributed by atoms with Crippen molar-refractivity contribution in [3.05, 3.63) is 22.3 Å². The van der Waals surface area contributed by atoms with Gasteiger partial charge < -0.3 is 5.11 Å². The van der Waals surface area contributed by atoms with Gasteiger partial charge >= 0.3 is 0 Å². The Morgan fingerprint density at radius 3 is 3.08 bits per heavy atom. The van der Waals surface area contributed by atoms with Gasteiger partial charge in [-0.15, -0.1) is 11.8 Å². The molecule has 0 spiro atoms. The first-order chi connectivity index (χ1) is 6.25.